The number of nitrogens with one attached hydrogen (secondary N) is 3. The van der Waals surface area contributed by atoms with E-state index in [1.165, 1.54) is 10.4 Å². The summed E-state index contributed by atoms with van der Waals surface area (Å²) in [7, 11) is 0. The van der Waals surface area contributed by atoms with Crippen molar-refractivity contribution >= 4 is 40.2 Å². The Bertz CT molecular complexity index is 1270. The Kier molecular flexibility index (Phi) is 12.9. The van der Waals surface area contributed by atoms with Crippen molar-refractivity contribution < 1.29 is 55.7 Å². The summed E-state index contributed by atoms with van der Waals surface area (Å²) in [5.41, 5.74) is 8.15. The van der Waals surface area contributed by atoms with Gasteiger partial charge in [0.15, 0.2) is 5.13 Å². The normalized spacial score (nSPS) is 20.0. The number of carbonyl (C=O) groups is 4. The number of hydrogen-bond acceptors (Lipinski definition) is 8. The van der Waals surface area contributed by atoms with Gasteiger partial charge in [0.25, 0.3) is 0 Å². The third-order valence-electron chi connectivity index (χ3n) is 6.58. The highest BCUT2D eigenvalue weighted by Gasteiger charge is 2.39. The number of carbonyl (C=O) groups excluding carboxylic acids is 2. The third-order valence-corrected chi connectivity index (χ3v) is 7.53. The number of alkyl halides is 6. The van der Waals surface area contributed by atoms with E-state index in [0.717, 1.165) is 37.9 Å². The number of anilines is 1. The molecule has 2 aromatic rings. The molecule has 1 saturated heterocycles. The van der Waals surface area contributed by atoms with Gasteiger partial charge in [-0.1, -0.05) is 30.3 Å². The van der Waals surface area contributed by atoms with E-state index < -0.39 is 30.3 Å². The number of benzene rings is 1. The molecule has 1 aliphatic heterocycles. The highest BCUT2D eigenvalue weighted by Crippen LogP contribution is 2.31. The molecule has 1 aromatic carbocycles. The van der Waals surface area contributed by atoms with Crippen LogP contribution in [-0.4, -0.2) is 76.5 Å². The van der Waals surface area contributed by atoms with E-state index in [-0.39, 0.29) is 17.9 Å². The lowest BCUT2D eigenvalue weighted by molar-refractivity contribution is -0.193. The molecule has 1 aliphatic carbocycles. The number of nitrogens with zero attached hydrogens (tertiary/aromatic N) is 1. The van der Waals surface area contributed by atoms with Crippen molar-refractivity contribution in [2.45, 2.75) is 63.0 Å². The summed E-state index contributed by atoms with van der Waals surface area (Å²) in [5.74, 6) is -5.07. The Morgan fingerprint density at radius 3 is 2.18 bits per heavy atom. The second-order valence-electron chi connectivity index (χ2n) is 9.92. The lowest BCUT2D eigenvalue weighted by atomic mass is 9.91. The average molecular weight is 656 g/mol. The highest BCUT2D eigenvalue weighted by molar-refractivity contribution is 7.15. The number of halogens is 6. The van der Waals surface area contributed by atoms with Gasteiger partial charge >= 0.3 is 24.3 Å². The maximum atomic E-state index is 12.6. The topological polar surface area (TPSA) is 184 Å². The number of aliphatic carboxylic acids is 2. The van der Waals surface area contributed by atoms with Crippen LogP contribution >= 0.6 is 11.3 Å². The van der Waals surface area contributed by atoms with Crippen molar-refractivity contribution in [3.05, 3.63) is 46.5 Å². The molecule has 44 heavy (non-hydrogen) atoms. The maximum absolute atomic E-state index is 12.6. The van der Waals surface area contributed by atoms with E-state index in [9.17, 15) is 35.9 Å². The van der Waals surface area contributed by atoms with E-state index >= 15 is 0 Å². The molecular formula is C26H31F6N5O6S. The summed E-state index contributed by atoms with van der Waals surface area (Å²) < 4.78 is 63.5. The van der Waals surface area contributed by atoms with Crippen LogP contribution in [0.25, 0.3) is 0 Å². The van der Waals surface area contributed by atoms with Gasteiger partial charge in [-0.05, 0) is 50.0 Å². The molecule has 4 atom stereocenters. The third kappa shape index (κ3) is 11.6. The van der Waals surface area contributed by atoms with E-state index in [1.54, 1.807) is 18.3 Å². The van der Waals surface area contributed by atoms with Gasteiger partial charge in [-0.2, -0.15) is 26.3 Å². The number of carboxylic acid groups (broad SMARTS) is 2. The number of aryl methyl sites for hydroxylation is 1. The van der Waals surface area contributed by atoms with Crippen LogP contribution in [0.2, 0.25) is 0 Å². The zero-order valence-corrected chi connectivity index (χ0v) is 24.0. The van der Waals surface area contributed by atoms with Crippen LogP contribution in [0.15, 0.2) is 30.3 Å². The minimum absolute atomic E-state index is 0.112. The van der Waals surface area contributed by atoms with Gasteiger partial charge < -0.3 is 31.9 Å². The lowest BCUT2D eigenvalue weighted by Crippen LogP contribution is -2.50. The number of nitrogen functional groups attached to an aromatic ring is 1. The first-order valence-corrected chi connectivity index (χ1v) is 13.9. The largest absolute Gasteiger partial charge is 0.490 e. The molecule has 4 rings (SSSR count). The average Bonchev–Trinajstić information content (AvgIpc) is 3.58. The summed E-state index contributed by atoms with van der Waals surface area (Å²) >= 11 is 1.55. The fourth-order valence-electron chi connectivity index (χ4n) is 4.33. The number of amides is 2. The highest BCUT2D eigenvalue weighted by atomic mass is 32.1. The van der Waals surface area contributed by atoms with Crippen LogP contribution < -0.4 is 21.7 Å². The Labute approximate surface area is 251 Å². The van der Waals surface area contributed by atoms with E-state index in [4.69, 9.17) is 25.5 Å². The Hall–Kier alpha value is -3.93. The van der Waals surface area contributed by atoms with Crippen LogP contribution in [-0.2, 0) is 32.0 Å². The van der Waals surface area contributed by atoms with E-state index in [1.807, 2.05) is 18.2 Å². The van der Waals surface area contributed by atoms with Crippen molar-refractivity contribution in [2.24, 2.45) is 5.92 Å². The van der Waals surface area contributed by atoms with Gasteiger partial charge in [0.1, 0.15) is 6.04 Å². The molecule has 1 aromatic heterocycles. The Morgan fingerprint density at radius 2 is 1.64 bits per heavy atom. The van der Waals surface area contributed by atoms with Crippen molar-refractivity contribution in [1.82, 2.24) is 20.9 Å². The first kappa shape index (κ1) is 36.3. The molecule has 1 unspecified atom stereocenters. The van der Waals surface area contributed by atoms with E-state index in [2.05, 4.69) is 33.1 Å². The second kappa shape index (κ2) is 15.7. The minimum atomic E-state index is -5.08. The van der Waals surface area contributed by atoms with Crippen LogP contribution in [0.4, 0.5) is 31.5 Å². The second-order valence-corrected chi connectivity index (χ2v) is 11.0. The molecule has 0 saturated carbocycles. The predicted molar refractivity (Wildman–Crippen MR) is 146 cm³/mol. The summed E-state index contributed by atoms with van der Waals surface area (Å²) in [6.45, 7) is 3.11. The monoisotopic (exact) mass is 655 g/mol. The van der Waals surface area contributed by atoms with Crippen molar-refractivity contribution in [1.29, 1.82) is 0 Å². The van der Waals surface area contributed by atoms with Crippen molar-refractivity contribution in [3.63, 3.8) is 0 Å². The molecular weight excluding hydrogens is 624 g/mol. The van der Waals surface area contributed by atoms with Gasteiger partial charge in [0.2, 0.25) is 11.8 Å². The lowest BCUT2D eigenvalue weighted by Gasteiger charge is -2.23. The molecule has 7 N–H and O–H groups in total. The maximum Gasteiger partial charge on any atom is 0.490 e. The number of aromatic nitrogens is 1. The first-order valence-electron chi connectivity index (χ1n) is 13.1. The van der Waals surface area contributed by atoms with Gasteiger partial charge in [-0.25, -0.2) is 14.6 Å². The van der Waals surface area contributed by atoms with Crippen molar-refractivity contribution in [2.75, 3.05) is 18.8 Å². The number of fused-ring (bicyclic) bond motifs is 1. The van der Waals surface area contributed by atoms with Crippen LogP contribution in [0.3, 0.4) is 0 Å². The van der Waals surface area contributed by atoms with Gasteiger partial charge in [-0.15, -0.1) is 11.3 Å². The standard InChI is InChI=1S/C22H29N5O2S.2C2HF3O2/c1-13(20(28)25-11-14-7-8-17-19(9-14)30-22(23)27-17)26-21(29)18-10-16(12-24-18)15-5-3-2-4-6-15;2*3-2(4,5)1(6)7/h2-6,13-14,16,18,24H,7-12H2,1H3,(H2,23,27)(H,25,28)(H,26,29);2*(H,6,7)/t13-,14?,16-,18+;;/m0../s1. The van der Waals surface area contributed by atoms with Crippen molar-refractivity contribution in [3.8, 4) is 0 Å². The molecule has 2 aliphatic rings. The molecule has 18 heteroatoms. The van der Waals surface area contributed by atoms with Gasteiger partial charge in [0.05, 0.1) is 11.7 Å². The van der Waals surface area contributed by atoms with Crippen LogP contribution in [0, 0.1) is 5.92 Å². The molecule has 244 valence electrons. The zero-order chi connectivity index (χ0) is 33.2. The fraction of sp³-hybridized carbons (Fsp3) is 0.500. The zero-order valence-electron chi connectivity index (χ0n) is 23.2. The molecule has 2 amide bonds. The predicted octanol–water partition coefficient (Wildman–Crippen LogP) is 2.86. The SMILES string of the molecule is C[C@H](NC(=O)[C@H]1C[C@H](c2ccccc2)CN1)C(=O)NCC1CCc2nc(N)sc2C1.O=C(O)C(F)(F)F.O=C(O)C(F)(F)F. The minimum Gasteiger partial charge on any atom is -0.475 e. The summed E-state index contributed by atoms with van der Waals surface area (Å²) in [5, 5.41) is 24.0. The number of rotatable bonds is 6. The summed E-state index contributed by atoms with van der Waals surface area (Å²) in [6, 6.07) is 9.40. The Balaban J connectivity index is 0.000000402. The Morgan fingerprint density at radius 1 is 1.07 bits per heavy atom. The molecule has 1 fully saturated rings. The van der Waals surface area contributed by atoms with Gasteiger partial charge in [0, 0.05) is 18.0 Å². The first-order chi connectivity index (χ1) is 20.4. The number of thiazole rings is 1. The van der Waals surface area contributed by atoms with Crippen LogP contribution in [0.1, 0.15) is 41.8 Å². The quantitative estimate of drug-likeness (QED) is 0.255. The number of hydrogen-bond donors (Lipinski definition) is 6. The fourth-order valence-corrected chi connectivity index (χ4v) is 5.32. The molecule has 0 spiro atoms. The molecule has 0 bridgehead atoms. The number of nitrogens with two attached hydrogens (primary N) is 1. The van der Waals surface area contributed by atoms with Gasteiger partial charge in [-0.3, -0.25) is 9.59 Å². The molecule has 0 radical (unpaired) electrons. The molecule has 11 nitrogen and oxygen atoms in total. The number of carboxylic acids is 2. The molecule has 2 heterocycles. The summed E-state index contributed by atoms with van der Waals surface area (Å²) in [6.07, 6.45) is -6.62. The van der Waals surface area contributed by atoms with E-state index in [0.29, 0.717) is 23.5 Å². The summed E-state index contributed by atoms with van der Waals surface area (Å²) in [4.78, 5) is 48.5. The van der Waals surface area contributed by atoms with Crippen LogP contribution in [0.5, 0.6) is 0 Å². The smallest absolute Gasteiger partial charge is 0.475 e.